The molecule has 0 atom stereocenters. The summed E-state index contributed by atoms with van der Waals surface area (Å²) in [6.07, 6.45) is -0.456. The number of halogens is 3. The Morgan fingerprint density at radius 1 is 1.14 bits per heavy atom. The summed E-state index contributed by atoms with van der Waals surface area (Å²) in [5.74, 6) is -0.695. The van der Waals surface area contributed by atoms with Gasteiger partial charge in [-0.05, 0) is 50.8 Å². The van der Waals surface area contributed by atoms with Crippen LogP contribution >= 0.6 is 11.3 Å². The zero-order valence-corrected chi connectivity index (χ0v) is 21.0. The first-order valence-corrected chi connectivity index (χ1v) is 12.2. The highest BCUT2D eigenvalue weighted by molar-refractivity contribution is 7.14. The molecule has 0 N–H and O–H groups in total. The zero-order valence-electron chi connectivity index (χ0n) is 20.2. The second-order valence-corrected chi connectivity index (χ2v) is 9.22. The number of hydrogen-bond acceptors (Lipinski definition) is 6. The number of benzene rings is 1. The second-order valence-electron chi connectivity index (χ2n) is 8.38. The predicted molar refractivity (Wildman–Crippen MR) is 132 cm³/mol. The van der Waals surface area contributed by atoms with E-state index >= 15 is 0 Å². The standard InChI is InChI=1S/C25H29F3N4O2S/c1-5-6-7-12-34-23-11-10-20(13-21(23)25(26,27)28)32(17(2)33)24-30-22(16-35-24)18-8-9-19(29-14-18)15-31(3)4/h8-11,13-14,16H,5-7,12,15H2,1-4H3. The van der Waals surface area contributed by atoms with E-state index in [9.17, 15) is 18.0 Å². The van der Waals surface area contributed by atoms with Crippen LogP contribution in [0.3, 0.4) is 0 Å². The fraction of sp³-hybridized carbons (Fsp3) is 0.400. The van der Waals surface area contributed by atoms with Crippen LogP contribution in [-0.4, -0.2) is 41.5 Å². The van der Waals surface area contributed by atoms with Crippen molar-refractivity contribution in [3.8, 4) is 17.0 Å². The topological polar surface area (TPSA) is 58.6 Å². The molecule has 0 bridgehead atoms. The number of carbonyl (C=O) groups excluding carboxylic acids is 1. The Morgan fingerprint density at radius 2 is 1.91 bits per heavy atom. The largest absolute Gasteiger partial charge is 0.493 e. The van der Waals surface area contributed by atoms with Gasteiger partial charge < -0.3 is 9.64 Å². The molecule has 0 aliphatic heterocycles. The molecule has 0 aliphatic carbocycles. The summed E-state index contributed by atoms with van der Waals surface area (Å²) in [6, 6.07) is 7.43. The van der Waals surface area contributed by atoms with Crippen LogP contribution in [0.15, 0.2) is 41.9 Å². The number of amides is 1. The fourth-order valence-corrected chi connectivity index (χ4v) is 4.35. The molecule has 0 radical (unpaired) electrons. The maximum Gasteiger partial charge on any atom is 0.420 e. The molecule has 35 heavy (non-hydrogen) atoms. The van der Waals surface area contributed by atoms with E-state index in [4.69, 9.17) is 4.74 Å². The third-order valence-corrected chi connectivity index (χ3v) is 5.95. The lowest BCUT2D eigenvalue weighted by atomic mass is 10.1. The van der Waals surface area contributed by atoms with Crippen molar-refractivity contribution in [1.29, 1.82) is 0 Å². The number of thiazole rings is 1. The summed E-state index contributed by atoms with van der Waals surface area (Å²) in [5, 5.41) is 2.03. The third kappa shape index (κ3) is 7.02. The van der Waals surface area contributed by atoms with Gasteiger partial charge in [0.05, 0.1) is 29.2 Å². The van der Waals surface area contributed by atoms with Crippen molar-refractivity contribution in [1.82, 2.24) is 14.9 Å². The lowest BCUT2D eigenvalue weighted by molar-refractivity contribution is -0.139. The molecule has 6 nitrogen and oxygen atoms in total. The average molecular weight is 507 g/mol. The average Bonchev–Trinajstić information content (AvgIpc) is 3.26. The van der Waals surface area contributed by atoms with E-state index in [0.29, 0.717) is 18.7 Å². The number of pyridine rings is 1. The van der Waals surface area contributed by atoms with E-state index in [0.717, 1.165) is 30.2 Å². The van der Waals surface area contributed by atoms with E-state index in [-0.39, 0.29) is 23.2 Å². The Kier molecular flexibility index (Phi) is 8.85. The molecule has 0 saturated heterocycles. The molecule has 2 heterocycles. The minimum atomic E-state index is -4.63. The molecule has 0 unspecified atom stereocenters. The summed E-state index contributed by atoms with van der Waals surface area (Å²) >= 11 is 1.17. The van der Waals surface area contributed by atoms with E-state index in [1.807, 2.05) is 38.1 Å². The van der Waals surface area contributed by atoms with Gasteiger partial charge >= 0.3 is 6.18 Å². The molecule has 3 aromatic rings. The Labute approximate surface area is 207 Å². The Balaban J connectivity index is 1.90. The van der Waals surface area contributed by atoms with Gasteiger partial charge in [-0.25, -0.2) is 4.98 Å². The van der Waals surface area contributed by atoms with Crippen LogP contribution in [0.25, 0.3) is 11.3 Å². The molecule has 1 aromatic carbocycles. The third-order valence-electron chi connectivity index (χ3n) is 5.13. The van der Waals surface area contributed by atoms with Gasteiger partial charge in [-0.1, -0.05) is 19.8 Å². The number of anilines is 2. The summed E-state index contributed by atoms with van der Waals surface area (Å²) < 4.78 is 46.8. The SMILES string of the molecule is CCCCCOc1ccc(N(C(C)=O)c2nc(-c3ccc(CN(C)C)nc3)cs2)cc1C(F)(F)F. The van der Waals surface area contributed by atoms with Crippen molar-refractivity contribution in [2.24, 2.45) is 0 Å². The van der Waals surface area contributed by atoms with Crippen LogP contribution in [-0.2, 0) is 17.5 Å². The van der Waals surface area contributed by atoms with E-state index in [2.05, 4.69) is 9.97 Å². The Morgan fingerprint density at radius 3 is 2.51 bits per heavy atom. The number of nitrogens with zero attached hydrogens (tertiary/aromatic N) is 4. The Bertz CT molecular complexity index is 1130. The molecule has 0 saturated carbocycles. The number of hydrogen-bond donors (Lipinski definition) is 0. The van der Waals surface area contributed by atoms with Gasteiger partial charge in [-0.2, -0.15) is 13.2 Å². The van der Waals surface area contributed by atoms with Crippen LogP contribution in [0.1, 0.15) is 44.4 Å². The van der Waals surface area contributed by atoms with E-state index in [1.54, 1.807) is 11.6 Å². The normalized spacial score (nSPS) is 11.7. The van der Waals surface area contributed by atoms with Gasteiger partial charge in [-0.15, -0.1) is 11.3 Å². The van der Waals surface area contributed by atoms with Crippen LogP contribution < -0.4 is 9.64 Å². The molecule has 1 amide bonds. The molecule has 0 aliphatic rings. The van der Waals surface area contributed by atoms with Crippen molar-refractivity contribution in [2.45, 2.75) is 45.8 Å². The van der Waals surface area contributed by atoms with Crippen molar-refractivity contribution in [2.75, 3.05) is 25.6 Å². The van der Waals surface area contributed by atoms with Gasteiger partial charge in [0.1, 0.15) is 5.75 Å². The molecule has 3 rings (SSSR count). The quantitative estimate of drug-likeness (QED) is 0.292. The number of aromatic nitrogens is 2. The number of rotatable bonds is 10. The van der Waals surface area contributed by atoms with E-state index < -0.39 is 17.6 Å². The van der Waals surface area contributed by atoms with Crippen molar-refractivity contribution in [3.63, 3.8) is 0 Å². The van der Waals surface area contributed by atoms with Crippen LogP contribution in [0, 0.1) is 0 Å². The highest BCUT2D eigenvalue weighted by Crippen LogP contribution is 2.41. The lowest BCUT2D eigenvalue weighted by Crippen LogP contribution is -2.23. The minimum absolute atomic E-state index is 0.0751. The number of carbonyl (C=O) groups is 1. The zero-order chi connectivity index (χ0) is 25.6. The summed E-state index contributed by atoms with van der Waals surface area (Å²) in [4.78, 5) is 24.6. The van der Waals surface area contributed by atoms with E-state index in [1.165, 1.54) is 35.3 Å². The number of ether oxygens (including phenoxy) is 1. The van der Waals surface area contributed by atoms with Crippen LogP contribution in [0.2, 0.25) is 0 Å². The summed E-state index contributed by atoms with van der Waals surface area (Å²) in [6.45, 7) is 4.19. The second kappa shape index (κ2) is 11.6. The van der Waals surface area contributed by atoms with Gasteiger partial charge in [0.25, 0.3) is 0 Å². The first-order valence-electron chi connectivity index (χ1n) is 11.3. The van der Waals surface area contributed by atoms with Crippen LogP contribution in [0.5, 0.6) is 5.75 Å². The predicted octanol–water partition coefficient (Wildman–Crippen LogP) is 6.54. The molecule has 0 spiro atoms. The molecule has 2 aromatic heterocycles. The van der Waals surface area contributed by atoms with Gasteiger partial charge in [0.2, 0.25) is 5.91 Å². The van der Waals surface area contributed by atoms with Gasteiger partial charge in [0, 0.05) is 30.6 Å². The first kappa shape index (κ1) is 26.6. The first-order chi connectivity index (χ1) is 16.6. The molecule has 10 heteroatoms. The maximum absolute atomic E-state index is 13.8. The van der Waals surface area contributed by atoms with Crippen molar-refractivity contribution < 1.29 is 22.7 Å². The Hall–Kier alpha value is -2.98. The van der Waals surface area contributed by atoms with Crippen molar-refractivity contribution in [3.05, 3.63) is 53.2 Å². The molecular weight excluding hydrogens is 477 g/mol. The molecule has 188 valence electrons. The van der Waals surface area contributed by atoms with Gasteiger partial charge in [-0.3, -0.25) is 14.7 Å². The monoisotopic (exact) mass is 506 g/mol. The molecular formula is C25H29F3N4O2S. The van der Waals surface area contributed by atoms with Crippen molar-refractivity contribution >= 4 is 28.1 Å². The smallest absolute Gasteiger partial charge is 0.420 e. The highest BCUT2D eigenvalue weighted by atomic mass is 32.1. The van der Waals surface area contributed by atoms with Gasteiger partial charge in [0.15, 0.2) is 5.13 Å². The minimum Gasteiger partial charge on any atom is -0.493 e. The lowest BCUT2D eigenvalue weighted by Gasteiger charge is -2.21. The van der Waals surface area contributed by atoms with Crippen LogP contribution in [0.4, 0.5) is 24.0 Å². The number of unbranched alkanes of at least 4 members (excludes halogenated alkanes) is 2. The summed E-state index contributed by atoms with van der Waals surface area (Å²) in [5.41, 5.74) is 1.40. The maximum atomic E-state index is 13.8. The number of alkyl halides is 3. The fourth-order valence-electron chi connectivity index (χ4n) is 3.46. The molecule has 0 fully saturated rings. The summed E-state index contributed by atoms with van der Waals surface area (Å²) in [7, 11) is 3.90. The highest BCUT2D eigenvalue weighted by Gasteiger charge is 2.35.